The summed E-state index contributed by atoms with van der Waals surface area (Å²) in [4.78, 5) is 4.32. The van der Waals surface area contributed by atoms with Crippen LogP contribution >= 0.6 is 35.4 Å². The van der Waals surface area contributed by atoms with E-state index in [-0.39, 0.29) is 9.92 Å². The normalized spacial score (nSPS) is 20.4. The summed E-state index contributed by atoms with van der Waals surface area (Å²) in [6.45, 7) is 4.18. The Labute approximate surface area is 156 Å². The highest BCUT2D eigenvalue weighted by atomic mass is 35.5. The molecule has 2 fully saturated rings. The van der Waals surface area contributed by atoms with Gasteiger partial charge in [-0.15, -0.1) is 0 Å². The minimum Gasteiger partial charge on any atom is -0.469 e. The first-order chi connectivity index (χ1) is 11.4. The predicted molar refractivity (Wildman–Crippen MR) is 96.9 cm³/mol. The molecule has 10 heteroatoms. The van der Waals surface area contributed by atoms with Gasteiger partial charge in [0.05, 0.1) is 28.2 Å². The zero-order valence-electron chi connectivity index (χ0n) is 12.8. The van der Waals surface area contributed by atoms with Crippen LogP contribution in [0, 0.1) is 0 Å². The fourth-order valence-corrected chi connectivity index (χ4v) is 4.74. The second-order valence-corrected chi connectivity index (χ2v) is 8.72. The number of halogens is 2. The molecule has 0 atom stereocenters. The molecule has 0 N–H and O–H groups in total. The zero-order valence-corrected chi connectivity index (χ0v) is 16.0. The van der Waals surface area contributed by atoms with E-state index < -0.39 is 10.0 Å². The Kier molecular flexibility index (Phi) is 5.53. The minimum absolute atomic E-state index is 0.166. The summed E-state index contributed by atoms with van der Waals surface area (Å²) in [5, 5.41) is 1.09. The summed E-state index contributed by atoms with van der Waals surface area (Å²) < 4.78 is 32.2. The number of thiocarbonyl (C=S) groups is 1. The molecule has 2 aliphatic heterocycles. The molecule has 0 spiro atoms. The van der Waals surface area contributed by atoms with E-state index in [4.69, 9.17) is 40.2 Å². The highest BCUT2D eigenvalue weighted by Crippen LogP contribution is 2.27. The maximum absolute atomic E-state index is 12.7. The van der Waals surface area contributed by atoms with Gasteiger partial charge in [0.1, 0.15) is 6.61 Å². The van der Waals surface area contributed by atoms with E-state index in [1.165, 1.54) is 22.5 Å². The van der Waals surface area contributed by atoms with Crippen molar-refractivity contribution < 1.29 is 13.2 Å². The van der Waals surface area contributed by atoms with Gasteiger partial charge in [-0.1, -0.05) is 23.2 Å². The van der Waals surface area contributed by atoms with Gasteiger partial charge in [0.2, 0.25) is 10.0 Å². The molecule has 2 saturated heterocycles. The topological polar surface area (TPSA) is 53.1 Å². The van der Waals surface area contributed by atoms with Crippen molar-refractivity contribution in [2.24, 2.45) is 0 Å². The maximum atomic E-state index is 12.7. The Balaban J connectivity index is 1.63. The Hall–Kier alpha value is -0.640. The van der Waals surface area contributed by atoms with Crippen molar-refractivity contribution in [2.45, 2.75) is 4.90 Å². The standard InChI is InChI=1S/C14H17Cl2N3O3S2/c15-12-2-1-11(9-13(12)16)24(20,21)19-5-3-17(4-6-19)10-18-7-8-22-14(18)23/h1-2,9H,3-8,10H2. The summed E-state index contributed by atoms with van der Waals surface area (Å²) in [5.74, 6) is 0. The number of ether oxygens (including phenoxy) is 1. The van der Waals surface area contributed by atoms with Crippen LogP contribution in [0.5, 0.6) is 0 Å². The van der Waals surface area contributed by atoms with E-state index in [0.29, 0.717) is 49.7 Å². The van der Waals surface area contributed by atoms with Crippen LogP contribution in [0.1, 0.15) is 0 Å². The van der Waals surface area contributed by atoms with Gasteiger partial charge in [-0.2, -0.15) is 4.31 Å². The van der Waals surface area contributed by atoms with Gasteiger partial charge in [-0.25, -0.2) is 8.42 Å². The fourth-order valence-electron chi connectivity index (χ4n) is 2.69. The Morgan fingerprint density at radius 1 is 1.08 bits per heavy atom. The molecular weight excluding hydrogens is 393 g/mol. The van der Waals surface area contributed by atoms with Gasteiger partial charge < -0.3 is 9.64 Å². The van der Waals surface area contributed by atoms with Crippen LogP contribution in [0.3, 0.4) is 0 Å². The van der Waals surface area contributed by atoms with Crippen molar-refractivity contribution in [2.75, 3.05) is 46.0 Å². The molecule has 0 aliphatic carbocycles. The van der Waals surface area contributed by atoms with Crippen molar-refractivity contribution >= 4 is 50.6 Å². The van der Waals surface area contributed by atoms with E-state index in [1.807, 2.05) is 4.90 Å². The van der Waals surface area contributed by atoms with Crippen molar-refractivity contribution in [1.29, 1.82) is 0 Å². The molecule has 3 rings (SSSR count). The van der Waals surface area contributed by atoms with Crippen LogP contribution in [-0.4, -0.2) is 73.7 Å². The molecule has 2 aliphatic rings. The average Bonchev–Trinajstić information content (AvgIpc) is 2.95. The van der Waals surface area contributed by atoms with Crippen molar-refractivity contribution in [3.63, 3.8) is 0 Å². The van der Waals surface area contributed by atoms with Crippen molar-refractivity contribution in [3.05, 3.63) is 28.2 Å². The van der Waals surface area contributed by atoms with Gasteiger partial charge in [0.25, 0.3) is 5.17 Å². The first kappa shape index (κ1) is 18.2. The Morgan fingerprint density at radius 2 is 1.79 bits per heavy atom. The molecule has 1 aromatic carbocycles. The molecule has 0 unspecified atom stereocenters. The first-order valence-electron chi connectivity index (χ1n) is 7.47. The average molecular weight is 410 g/mol. The summed E-state index contributed by atoms with van der Waals surface area (Å²) >= 11 is 16.9. The third-order valence-corrected chi connectivity index (χ3v) is 7.09. The summed E-state index contributed by atoms with van der Waals surface area (Å²) in [7, 11) is -3.56. The highest BCUT2D eigenvalue weighted by molar-refractivity contribution is 7.89. The predicted octanol–water partition coefficient (Wildman–Crippen LogP) is 1.87. The number of sulfonamides is 1. The lowest BCUT2D eigenvalue weighted by Crippen LogP contribution is -2.51. The fraction of sp³-hybridized carbons (Fsp3) is 0.500. The van der Waals surface area contributed by atoms with Gasteiger partial charge in [0, 0.05) is 26.2 Å². The zero-order chi connectivity index (χ0) is 17.3. The van der Waals surface area contributed by atoms with Gasteiger partial charge in [-0.05, 0) is 30.4 Å². The van der Waals surface area contributed by atoms with E-state index >= 15 is 0 Å². The van der Waals surface area contributed by atoms with Crippen LogP contribution in [0.4, 0.5) is 0 Å². The number of rotatable bonds is 4. The van der Waals surface area contributed by atoms with Crippen LogP contribution in [0.15, 0.2) is 23.1 Å². The number of hydrogen-bond acceptors (Lipinski definition) is 5. The van der Waals surface area contributed by atoms with Crippen LogP contribution in [0.2, 0.25) is 10.0 Å². The largest absolute Gasteiger partial charge is 0.469 e. The third-order valence-electron chi connectivity index (χ3n) is 4.08. The molecule has 1 aromatic rings. The van der Waals surface area contributed by atoms with E-state index in [1.54, 1.807) is 0 Å². The molecule has 0 aromatic heterocycles. The second-order valence-electron chi connectivity index (χ2n) is 5.62. The summed E-state index contributed by atoms with van der Waals surface area (Å²) in [6.07, 6.45) is 0. The van der Waals surface area contributed by atoms with Crippen LogP contribution in [-0.2, 0) is 14.8 Å². The molecule has 6 nitrogen and oxygen atoms in total. The molecule has 2 heterocycles. The maximum Gasteiger partial charge on any atom is 0.260 e. The van der Waals surface area contributed by atoms with Crippen molar-refractivity contribution in [3.8, 4) is 0 Å². The SMILES string of the molecule is O=S(=O)(c1ccc(Cl)c(Cl)c1)N1CCN(CN2CCOC2=S)CC1. The van der Waals surface area contributed by atoms with Gasteiger partial charge in [-0.3, -0.25) is 4.90 Å². The summed E-state index contributed by atoms with van der Waals surface area (Å²) in [5.41, 5.74) is 0. The number of benzene rings is 1. The third kappa shape index (κ3) is 3.79. The van der Waals surface area contributed by atoms with E-state index in [2.05, 4.69) is 4.90 Å². The lowest BCUT2D eigenvalue weighted by molar-refractivity contribution is 0.142. The van der Waals surface area contributed by atoms with Crippen LogP contribution < -0.4 is 0 Å². The van der Waals surface area contributed by atoms with Crippen LogP contribution in [0.25, 0.3) is 0 Å². The number of hydrogen-bond donors (Lipinski definition) is 0. The Bertz CT molecular complexity index is 737. The first-order valence-corrected chi connectivity index (χ1v) is 10.1. The van der Waals surface area contributed by atoms with Gasteiger partial charge in [0.15, 0.2) is 0 Å². The molecule has 0 bridgehead atoms. The smallest absolute Gasteiger partial charge is 0.260 e. The molecule has 0 amide bonds. The highest BCUT2D eigenvalue weighted by Gasteiger charge is 2.30. The molecule has 0 saturated carbocycles. The summed E-state index contributed by atoms with van der Waals surface area (Å²) in [6, 6.07) is 4.38. The quantitative estimate of drug-likeness (QED) is 0.707. The molecular formula is C14H17Cl2N3O3S2. The lowest BCUT2D eigenvalue weighted by atomic mass is 10.4. The molecule has 24 heavy (non-hydrogen) atoms. The lowest BCUT2D eigenvalue weighted by Gasteiger charge is -2.35. The van der Waals surface area contributed by atoms with Crippen molar-refractivity contribution in [1.82, 2.24) is 14.1 Å². The molecule has 0 radical (unpaired) electrons. The number of piperazine rings is 1. The Morgan fingerprint density at radius 3 is 2.38 bits per heavy atom. The molecule has 132 valence electrons. The monoisotopic (exact) mass is 409 g/mol. The number of nitrogens with zero attached hydrogens (tertiary/aromatic N) is 3. The van der Waals surface area contributed by atoms with E-state index in [0.717, 1.165) is 6.54 Å². The van der Waals surface area contributed by atoms with Gasteiger partial charge >= 0.3 is 0 Å². The second kappa shape index (κ2) is 7.31. The minimum atomic E-state index is -3.56. The van der Waals surface area contributed by atoms with E-state index in [9.17, 15) is 8.42 Å².